The fourth-order valence-electron chi connectivity index (χ4n) is 7.00. The molecule has 66 heavy (non-hydrogen) atoms. The molecule has 0 aromatic carbocycles. The van der Waals surface area contributed by atoms with E-state index in [4.69, 9.17) is 9.47 Å². The normalized spacial score (nSPS) is 13.3. The summed E-state index contributed by atoms with van der Waals surface area (Å²) in [5, 5.41) is 9.64. The fourth-order valence-corrected chi connectivity index (χ4v) is 7.00. The molecule has 0 aliphatic carbocycles. The SMILES string of the molecule is CC/C=C\C/C=C\C/C=C\C/C=C\C/C=C\C/C=C\C/C=C\CCCCCCCCCCCCCC(=O)OC(CO)COC(=O)CCCCCCCC/C=C\C/C=C\C/C=C\C/C=C\CC. The first kappa shape index (κ1) is 62.0. The Morgan fingerprint density at radius 2 is 0.606 bits per heavy atom. The number of esters is 2. The van der Waals surface area contributed by atoms with Crippen LogP contribution in [0.5, 0.6) is 0 Å². The van der Waals surface area contributed by atoms with Crippen LogP contribution in [0.25, 0.3) is 0 Å². The molecule has 0 radical (unpaired) electrons. The first-order valence-electron chi connectivity index (χ1n) is 26.7. The van der Waals surface area contributed by atoms with E-state index in [9.17, 15) is 14.7 Å². The van der Waals surface area contributed by atoms with Crippen LogP contribution in [0.2, 0.25) is 0 Å². The van der Waals surface area contributed by atoms with E-state index in [1.807, 2.05) is 0 Å². The summed E-state index contributed by atoms with van der Waals surface area (Å²) >= 11 is 0. The Kier molecular flexibility index (Phi) is 52.0. The number of carbonyl (C=O) groups is 2. The van der Waals surface area contributed by atoms with Crippen molar-refractivity contribution in [3.05, 3.63) is 134 Å². The lowest BCUT2D eigenvalue weighted by Crippen LogP contribution is -2.28. The van der Waals surface area contributed by atoms with Crippen molar-refractivity contribution in [1.29, 1.82) is 0 Å². The van der Waals surface area contributed by atoms with E-state index in [1.54, 1.807) is 0 Å². The molecular weight excluding hydrogens is 813 g/mol. The summed E-state index contributed by atoms with van der Waals surface area (Å²) in [4.78, 5) is 24.5. The Morgan fingerprint density at radius 3 is 0.909 bits per heavy atom. The van der Waals surface area contributed by atoms with Gasteiger partial charge in [-0.05, 0) is 109 Å². The number of hydrogen-bond donors (Lipinski definition) is 1. The summed E-state index contributed by atoms with van der Waals surface area (Å²) in [5.41, 5.74) is 0. The summed E-state index contributed by atoms with van der Waals surface area (Å²) < 4.78 is 10.7. The van der Waals surface area contributed by atoms with Gasteiger partial charge in [0.2, 0.25) is 0 Å². The van der Waals surface area contributed by atoms with Crippen LogP contribution in [0.4, 0.5) is 0 Å². The number of allylic oxidation sites excluding steroid dienone is 22. The third-order valence-corrected chi connectivity index (χ3v) is 10.9. The summed E-state index contributed by atoms with van der Waals surface area (Å²) in [6, 6.07) is 0. The molecule has 1 atom stereocenters. The monoisotopic (exact) mass is 911 g/mol. The quantitative estimate of drug-likeness (QED) is 0.0374. The highest BCUT2D eigenvalue weighted by Crippen LogP contribution is 2.14. The molecule has 0 spiro atoms. The second-order valence-corrected chi connectivity index (χ2v) is 17.2. The van der Waals surface area contributed by atoms with Crippen molar-refractivity contribution in [2.24, 2.45) is 0 Å². The fraction of sp³-hybridized carbons (Fsp3) is 0.607. The van der Waals surface area contributed by atoms with Crippen molar-refractivity contribution in [1.82, 2.24) is 0 Å². The molecule has 0 aromatic heterocycles. The zero-order chi connectivity index (χ0) is 47.7. The molecule has 372 valence electrons. The summed E-state index contributed by atoms with van der Waals surface area (Å²) in [6.07, 6.45) is 82.6. The van der Waals surface area contributed by atoms with Gasteiger partial charge in [-0.1, -0.05) is 231 Å². The Balaban J connectivity index is 3.58. The van der Waals surface area contributed by atoms with Crippen LogP contribution >= 0.6 is 0 Å². The van der Waals surface area contributed by atoms with Gasteiger partial charge in [-0.25, -0.2) is 0 Å². The minimum Gasteiger partial charge on any atom is -0.462 e. The number of hydrogen-bond acceptors (Lipinski definition) is 5. The summed E-state index contributed by atoms with van der Waals surface area (Å²) in [6.45, 7) is 3.89. The predicted molar refractivity (Wildman–Crippen MR) is 288 cm³/mol. The molecule has 1 N–H and O–H groups in total. The van der Waals surface area contributed by atoms with Crippen LogP contribution < -0.4 is 0 Å². The van der Waals surface area contributed by atoms with E-state index in [2.05, 4.69) is 148 Å². The molecule has 5 heteroatoms. The maximum Gasteiger partial charge on any atom is 0.306 e. The maximum atomic E-state index is 12.3. The van der Waals surface area contributed by atoms with E-state index in [-0.39, 0.29) is 25.2 Å². The zero-order valence-electron chi connectivity index (χ0n) is 42.4. The van der Waals surface area contributed by atoms with Gasteiger partial charge in [0.1, 0.15) is 6.61 Å². The van der Waals surface area contributed by atoms with Gasteiger partial charge < -0.3 is 14.6 Å². The van der Waals surface area contributed by atoms with Gasteiger partial charge in [0.15, 0.2) is 6.10 Å². The van der Waals surface area contributed by atoms with Gasteiger partial charge in [0, 0.05) is 12.8 Å². The van der Waals surface area contributed by atoms with E-state index < -0.39 is 6.10 Å². The number of rotatable bonds is 47. The van der Waals surface area contributed by atoms with Crippen LogP contribution in [-0.4, -0.2) is 36.4 Å². The minimum absolute atomic E-state index is 0.0822. The van der Waals surface area contributed by atoms with E-state index in [0.717, 1.165) is 116 Å². The van der Waals surface area contributed by atoms with Crippen LogP contribution in [0.1, 0.15) is 219 Å². The van der Waals surface area contributed by atoms with Crippen LogP contribution in [0, 0.1) is 0 Å². The Labute approximate surface area is 406 Å². The number of ether oxygens (including phenoxy) is 2. The lowest BCUT2D eigenvalue weighted by Gasteiger charge is -2.15. The molecule has 0 aliphatic rings. The van der Waals surface area contributed by atoms with Crippen molar-refractivity contribution in [3.8, 4) is 0 Å². The topological polar surface area (TPSA) is 72.8 Å². The molecule has 0 amide bonds. The van der Waals surface area contributed by atoms with Gasteiger partial charge in [-0.2, -0.15) is 0 Å². The third kappa shape index (κ3) is 52.7. The molecule has 1 unspecified atom stereocenters. The smallest absolute Gasteiger partial charge is 0.306 e. The average molecular weight is 911 g/mol. The third-order valence-electron chi connectivity index (χ3n) is 10.9. The van der Waals surface area contributed by atoms with Gasteiger partial charge >= 0.3 is 11.9 Å². The van der Waals surface area contributed by atoms with Gasteiger partial charge in [0.05, 0.1) is 6.61 Å². The van der Waals surface area contributed by atoms with Crippen molar-refractivity contribution < 1.29 is 24.2 Å². The average Bonchev–Trinajstić information content (AvgIpc) is 3.32. The number of aliphatic hydroxyl groups is 1. The van der Waals surface area contributed by atoms with Crippen molar-refractivity contribution >= 4 is 11.9 Å². The molecule has 0 heterocycles. The highest BCUT2D eigenvalue weighted by atomic mass is 16.6. The van der Waals surface area contributed by atoms with E-state index >= 15 is 0 Å². The first-order chi connectivity index (χ1) is 32.6. The second-order valence-electron chi connectivity index (χ2n) is 17.2. The predicted octanol–water partition coefficient (Wildman–Crippen LogP) is 18.1. The van der Waals surface area contributed by atoms with Crippen molar-refractivity contribution in [2.45, 2.75) is 225 Å². The molecule has 0 bridgehead atoms. The van der Waals surface area contributed by atoms with Crippen molar-refractivity contribution in [3.63, 3.8) is 0 Å². The first-order valence-corrected chi connectivity index (χ1v) is 26.7. The Bertz CT molecular complexity index is 1400. The number of aliphatic hydroxyl groups excluding tert-OH is 1. The molecule has 0 saturated heterocycles. The lowest BCUT2D eigenvalue weighted by atomic mass is 10.0. The van der Waals surface area contributed by atoms with Gasteiger partial charge in [-0.15, -0.1) is 0 Å². The highest BCUT2D eigenvalue weighted by molar-refractivity contribution is 5.70. The van der Waals surface area contributed by atoms with Crippen LogP contribution in [0.3, 0.4) is 0 Å². The molecule has 0 aromatic rings. The summed E-state index contributed by atoms with van der Waals surface area (Å²) in [5.74, 6) is -0.618. The standard InChI is InChI=1S/C61H98O5/c1-3-5-7-9-11-13-15-17-19-21-23-24-25-26-27-28-29-30-31-32-33-34-35-36-38-40-42-44-46-48-50-52-54-56-61(64)66-59(57-62)58-65-60(63)55-53-51-49-47-45-43-41-39-37-22-20-18-16-14-12-10-8-6-4-2/h5-8,11-14,17-20,23-24,26-27,29-30,32-33,37,39,59,62H,3-4,9-10,15-16,21-22,25,28,31,34-36,38,40-58H2,1-2H3/b7-5-,8-6-,13-11-,14-12-,19-17-,20-18-,24-23-,27-26-,30-29-,33-32-,39-37-. The molecule has 0 fully saturated rings. The Hall–Kier alpha value is -3.96. The lowest BCUT2D eigenvalue weighted by molar-refractivity contribution is -0.161. The minimum atomic E-state index is -0.790. The van der Waals surface area contributed by atoms with Gasteiger partial charge in [-0.3, -0.25) is 9.59 Å². The highest BCUT2D eigenvalue weighted by Gasteiger charge is 2.16. The van der Waals surface area contributed by atoms with Gasteiger partial charge in [0.25, 0.3) is 0 Å². The van der Waals surface area contributed by atoms with Crippen LogP contribution in [-0.2, 0) is 19.1 Å². The second kappa shape index (κ2) is 55.4. The largest absolute Gasteiger partial charge is 0.462 e. The number of carbonyl (C=O) groups excluding carboxylic acids is 2. The molecular formula is C61H98O5. The molecule has 0 saturated carbocycles. The number of unbranched alkanes of at least 4 members (excludes halogenated alkanes) is 17. The van der Waals surface area contributed by atoms with Crippen LogP contribution in [0.15, 0.2) is 134 Å². The summed E-state index contributed by atoms with van der Waals surface area (Å²) in [7, 11) is 0. The maximum absolute atomic E-state index is 12.3. The molecule has 0 rings (SSSR count). The molecule has 0 aliphatic heterocycles. The van der Waals surface area contributed by atoms with E-state index in [1.165, 1.54) is 77.0 Å². The Morgan fingerprint density at radius 1 is 0.348 bits per heavy atom. The van der Waals surface area contributed by atoms with Crippen molar-refractivity contribution in [2.75, 3.05) is 13.2 Å². The zero-order valence-corrected chi connectivity index (χ0v) is 42.4. The molecule has 5 nitrogen and oxygen atoms in total. The van der Waals surface area contributed by atoms with E-state index in [0.29, 0.717) is 12.8 Å².